The molecule has 6 heteroatoms. The molecule has 0 radical (unpaired) electrons. The van der Waals surface area contributed by atoms with Gasteiger partial charge in [0.15, 0.2) is 0 Å². The maximum atomic E-state index is 11.1. The molecule has 0 aromatic rings. The molecule has 0 N–H and O–H groups in total. The molecule has 0 spiro atoms. The summed E-state index contributed by atoms with van der Waals surface area (Å²) in [6.45, 7) is 13.5. The zero-order valence-corrected chi connectivity index (χ0v) is 15.2. The molecule has 0 heterocycles. The van der Waals surface area contributed by atoms with Crippen molar-refractivity contribution in [1.82, 2.24) is 0 Å². The number of unbranched alkanes of at least 4 members (excludes halogenated alkanes) is 3. The molecule has 5 nitrogen and oxygen atoms in total. The topological polar surface area (TPSA) is 61.8 Å². The predicted octanol–water partition coefficient (Wildman–Crippen LogP) is 4.51. The lowest BCUT2D eigenvalue weighted by Gasteiger charge is -2.20. The molecule has 0 aromatic carbocycles. The largest absolute Gasteiger partial charge is 0.516 e. The van der Waals surface area contributed by atoms with Crippen molar-refractivity contribution in [1.29, 1.82) is 0 Å². The minimum absolute atomic E-state index is 0.158. The van der Waals surface area contributed by atoms with Crippen molar-refractivity contribution in [2.45, 2.75) is 50.8 Å². The number of halogens is 1. The van der Waals surface area contributed by atoms with Gasteiger partial charge in [-0.15, -0.1) is 0 Å². The highest BCUT2D eigenvalue weighted by molar-refractivity contribution is 9.10. The first-order valence-electron chi connectivity index (χ1n) is 7.20. The Hall–Kier alpha value is -1.30. The summed E-state index contributed by atoms with van der Waals surface area (Å²) in [5.74, 6) is -0.0575. The molecule has 22 heavy (non-hydrogen) atoms. The Balaban J connectivity index is 3.52. The second-order valence-corrected chi connectivity index (χ2v) is 7.41. The lowest BCUT2D eigenvalue weighted by atomic mass is 10.2. The lowest BCUT2D eigenvalue weighted by Crippen LogP contribution is -2.15. The van der Waals surface area contributed by atoms with Crippen molar-refractivity contribution >= 4 is 28.1 Å². The van der Waals surface area contributed by atoms with E-state index in [0.717, 1.165) is 19.3 Å². The molecule has 0 unspecified atom stereocenters. The number of rotatable bonds is 10. The molecular formula is C16H25BrO5. The number of carbonyl (C=O) groups is 2. The van der Waals surface area contributed by atoms with Crippen LogP contribution in [0.3, 0.4) is 0 Å². The maximum absolute atomic E-state index is 11.1. The van der Waals surface area contributed by atoms with Gasteiger partial charge in [0.05, 0.1) is 17.5 Å². The fourth-order valence-corrected chi connectivity index (χ4v) is 1.39. The first kappa shape index (κ1) is 20.7. The van der Waals surface area contributed by atoms with Crippen molar-refractivity contribution in [2.24, 2.45) is 0 Å². The van der Waals surface area contributed by atoms with Crippen molar-refractivity contribution in [2.75, 3.05) is 13.2 Å². The second-order valence-electron chi connectivity index (χ2n) is 5.43. The summed E-state index contributed by atoms with van der Waals surface area (Å²) in [5, 5.41) is 0. The fraction of sp³-hybridized carbons (Fsp3) is 0.625. The van der Waals surface area contributed by atoms with Gasteiger partial charge in [0.1, 0.15) is 5.76 Å². The Morgan fingerprint density at radius 2 is 1.50 bits per heavy atom. The zero-order valence-electron chi connectivity index (χ0n) is 13.6. The average Bonchev–Trinajstić information content (AvgIpc) is 2.40. The summed E-state index contributed by atoms with van der Waals surface area (Å²) in [5.41, 5.74) is 0.158. The van der Waals surface area contributed by atoms with E-state index in [0.29, 0.717) is 18.8 Å². The number of hydrogen-bond acceptors (Lipinski definition) is 5. The summed E-state index contributed by atoms with van der Waals surface area (Å²) in [6, 6.07) is 0. The molecule has 0 rings (SSSR count). The summed E-state index contributed by atoms with van der Waals surface area (Å²) in [7, 11) is 0. The molecule has 0 saturated heterocycles. The van der Waals surface area contributed by atoms with Crippen LogP contribution in [0.4, 0.5) is 4.79 Å². The number of hydrogen-bond donors (Lipinski definition) is 0. The van der Waals surface area contributed by atoms with E-state index in [1.807, 2.05) is 13.8 Å². The summed E-state index contributed by atoms with van der Waals surface area (Å²) < 4.78 is 14.5. The van der Waals surface area contributed by atoms with Crippen LogP contribution in [0.1, 0.15) is 46.5 Å². The molecule has 126 valence electrons. The normalized spacial score (nSPS) is 10.7. The number of ether oxygens (including phenoxy) is 3. The van der Waals surface area contributed by atoms with Gasteiger partial charge in [-0.25, -0.2) is 9.59 Å². The fourth-order valence-electron chi connectivity index (χ4n) is 1.27. The summed E-state index contributed by atoms with van der Waals surface area (Å²) >= 11 is 3.47. The van der Waals surface area contributed by atoms with Gasteiger partial charge >= 0.3 is 12.1 Å². The molecule has 0 aromatic heterocycles. The Bertz CT molecular complexity index is 409. The van der Waals surface area contributed by atoms with Gasteiger partial charge in [0.25, 0.3) is 0 Å². The van der Waals surface area contributed by atoms with Crippen LogP contribution in [0, 0.1) is 0 Å². The molecule has 0 fully saturated rings. The summed E-state index contributed by atoms with van der Waals surface area (Å²) in [4.78, 5) is 22.2. The lowest BCUT2D eigenvalue weighted by molar-refractivity contribution is -0.135. The van der Waals surface area contributed by atoms with Crippen LogP contribution >= 0.6 is 15.9 Å². The Labute approximate surface area is 140 Å². The third kappa shape index (κ3) is 10.4. The minimum atomic E-state index is -0.979. The SMILES string of the molecule is C=C(C)C(=O)OC(=O)OCCCCCCOC(=C)C(C)(C)Br. The third-order valence-corrected chi connectivity index (χ3v) is 3.16. The molecule has 0 aliphatic carbocycles. The van der Waals surface area contributed by atoms with Gasteiger partial charge in [0.2, 0.25) is 0 Å². The van der Waals surface area contributed by atoms with Gasteiger partial charge in [0, 0.05) is 5.57 Å². The molecule has 0 saturated carbocycles. The molecule has 0 atom stereocenters. The second kappa shape index (κ2) is 10.4. The monoisotopic (exact) mass is 376 g/mol. The average molecular weight is 377 g/mol. The number of esters is 1. The van der Waals surface area contributed by atoms with Crippen LogP contribution in [0.15, 0.2) is 24.5 Å². The predicted molar refractivity (Wildman–Crippen MR) is 88.8 cm³/mol. The number of carbonyl (C=O) groups excluding carboxylic acids is 2. The first-order valence-corrected chi connectivity index (χ1v) is 7.99. The highest BCUT2D eigenvalue weighted by Gasteiger charge is 2.18. The third-order valence-electron chi connectivity index (χ3n) is 2.72. The van der Waals surface area contributed by atoms with Gasteiger partial charge in [-0.2, -0.15) is 0 Å². The zero-order chi connectivity index (χ0) is 17.2. The van der Waals surface area contributed by atoms with E-state index < -0.39 is 12.1 Å². The van der Waals surface area contributed by atoms with Gasteiger partial charge in [-0.05, 0) is 46.5 Å². The van der Waals surface area contributed by atoms with Crippen LogP contribution < -0.4 is 0 Å². The highest BCUT2D eigenvalue weighted by atomic mass is 79.9. The van der Waals surface area contributed by atoms with E-state index in [1.54, 1.807) is 0 Å². The van der Waals surface area contributed by atoms with E-state index in [1.165, 1.54) is 6.92 Å². The summed E-state index contributed by atoms with van der Waals surface area (Å²) in [6.07, 6.45) is 2.49. The Kier molecular flexibility index (Phi) is 9.81. The Morgan fingerprint density at radius 3 is 1.95 bits per heavy atom. The molecule has 0 aliphatic rings. The van der Waals surface area contributed by atoms with Crippen molar-refractivity contribution in [3.63, 3.8) is 0 Å². The van der Waals surface area contributed by atoms with Gasteiger partial charge in [-0.3, -0.25) is 0 Å². The van der Waals surface area contributed by atoms with E-state index in [9.17, 15) is 9.59 Å². The van der Waals surface area contributed by atoms with Crippen LogP contribution in [0.5, 0.6) is 0 Å². The van der Waals surface area contributed by atoms with E-state index >= 15 is 0 Å². The highest BCUT2D eigenvalue weighted by Crippen LogP contribution is 2.25. The maximum Gasteiger partial charge on any atom is 0.516 e. The minimum Gasteiger partial charge on any atom is -0.497 e. The first-order chi connectivity index (χ1) is 10.1. The van der Waals surface area contributed by atoms with Crippen LogP contribution in [0.25, 0.3) is 0 Å². The Morgan fingerprint density at radius 1 is 1.00 bits per heavy atom. The molecular weight excluding hydrogens is 352 g/mol. The number of alkyl halides is 1. The van der Waals surface area contributed by atoms with E-state index in [-0.39, 0.29) is 16.5 Å². The molecule has 0 bridgehead atoms. The van der Waals surface area contributed by atoms with Crippen LogP contribution in [-0.2, 0) is 19.0 Å². The van der Waals surface area contributed by atoms with Gasteiger partial charge in [-0.1, -0.05) is 29.1 Å². The quantitative estimate of drug-likeness (QED) is 0.140. The van der Waals surface area contributed by atoms with Crippen molar-refractivity contribution < 1.29 is 23.8 Å². The number of allylic oxidation sites excluding steroid dienone is 1. The molecule has 0 aliphatic heterocycles. The van der Waals surface area contributed by atoms with Crippen LogP contribution in [-0.4, -0.2) is 29.7 Å². The van der Waals surface area contributed by atoms with E-state index in [2.05, 4.69) is 33.8 Å². The molecule has 0 amide bonds. The van der Waals surface area contributed by atoms with E-state index in [4.69, 9.17) is 9.47 Å². The van der Waals surface area contributed by atoms with Crippen molar-refractivity contribution in [3.05, 3.63) is 24.5 Å². The standard InChI is InChI=1S/C16H25BrO5/c1-12(2)14(18)22-15(19)21-11-9-7-6-8-10-20-13(3)16(4,5)17/h1,3,6-11H2,2,4-5H3. The van der Waals surface area contributed by atoms with Gasteiger partial charge < -0.3 is 14.2 Å². The smallest absolute Gasteiger partial charge is 0.497 e. The van der Waals surface area contributed by atoms with Crippen LogP contribution in [0.2, 0.25) is 0 Å². The van der Waals surface area contributed by atoms with Crippen molar-refractivity contribution in [3.8, 4) is 0 Å².